The van der Waals surface area contributed by atoms with Crippen molar-refractivity contribution < 1.29 is 4.74 Å². The van der Waals surface area contributed by atoms with Crippen molar-refractivity contribution in [2.75, 3.05) is 18.6 Å². The summed E-state index contributed by atoms with van der Waals surface area (Å²) in [5, 5.41) is 0. The molecule has 0 heterocycles. The van der Waals surface area contributed by atoms with Gasteiger partial charge >= 0.3 is 0 Å². The fourth-order valence-electron chi connectivity index (χ4n) is 0.764. The first-order valence-electron chi connectivity index (χ1n) is 2.92. The van der Waals surface area contributed by atoms with Crippen LogP contribution in [0.25, 0.3) is 0 Å². The maximum Gasteiger partial charge on any atom is 0.122 e. The van der Waals surface area contributed by atoms with E-state index >= 15 is 0 Å². The van der Waals surface area contributed by atoms with Crippen LogP contribution >= 0.6 is 0 Å². The van der Waals surface area contributed by atoms with Gasteiger partial charge in [0.25, 0.3) is 0 Å². The van der Waals surface area contributed by atoms with Gasteiger partial charge in [-0.05, 0) is 6.07 Å². The van der Waals surface area contributed by atoms with Gasteiger partial charge in [0, 0.05) is 23.5 Å². The van der Waals surface area contributed by atoms with Crippen LogP contribution in [0.2, 0.25) is 0 Å². The summed E-state index contributed by atoms with van der Waals surface area (Å²) in [5.41, 5.74) is 12.2. The molecular formula is C8H14N2O. The van der Waals surface area contributed by atoms with Crippen molar-refractivity contribution in [1.82, 2.24) is 0 Å². The molecule has 3 nitrogen and oxygen atoms in total. The number of ether oxygens (including phenoxy) is 1. The number of nitrogens with two attached hydrogens (primary N) is 2. The van der Waals surface area contributed by atoms with Gasteiger partial charge in [-0.2, -0.15) is 0 Å². The molecule has 0 amide bonds. The summed E-state index contributed by atoms with van der Waals surface area (Å²) in [6, 6.07) is 5.12. The molecule has 1 rings (SSSR count). The second-order valence-corrected chi connectivity index (χ2v) is 2.04. The molecule has 0 aliphatic carbocycles. The van der Waals surface area contributed by atoms with Gasteiger partial charge in [0.2, 0.25) is 0 Å². The molecule has 0 unspecified atom stereocenters. The molecule has 0 saturated heterocycles. The van der Waals surface area contributed by atoms with Crippen molar-refractivity contribution in [2.24, 2.45) is 0 Å². The van der Waals surface area contributed by atoms with E-state index in [2.05, 4.69) is 0 Å². The first kappa shape index (κ1) is 9.62. The first-order valence-corrected chi connectivity index (χ1v) is 2.92. The topological polar surface area (TPSA) is 61.3 Å². The zero-order valence-electron chi connectivity index (χ0n) is 5.79. The SMILES string of the molecule is C.COc1cc(N)cc(N)c1. The van der Waals surface area contributed by atoms with Crippen molar-refractivity contribution in [3.63, 3.8) is 0 Å². The van der Waals surface area contributed by atoms with E-state index < -0.39 is 0 Å². The molecule has 0 saturated carbocycles. The van der Waals surface area contributed by atoms with E-state index in [0.29, 0.717) is 17.1 Å². The lowest BCUT2D eigenvalue weighted by Gasteiger charge is -2.01. The van der Waals surface area contributed by atoms with Crippen molar-refractivity contribution in [2.45, 2.75) is 7.43 Å². The lowest BCUT2D eigenvalue weighted by atomic mass is 10.3. The van der Waals surface area contributed by atoms with Crippen LogP contribution in [0.4, 0.5) is 11.4 Å². The molecule has 0 radical (unpaired) electrons. The Kier molecular flexibility index (Phi) is 3.24. The van der Waals surface area contributed by atoms with Crippen molar-refractivity contribution in [1.29, 1.82) is 0 Å². The van der Waals surface area contributed by atoms with Crippen LogP contribution in [-0.4, -0.2) is 7.11 Å². The van der Waals surface area contributed by atoms with Gasteiger partial charge in [-0.15, -0.1) is 0 Å². The number of anilines is 2. The zero-order valence-corrected chi connectivity index (χ0v) is 5.79. The molecule has 3 heteroatoms. The summed E-state index contributed by atoms with van der Waals surface area (Å²) in [7, 11) is 1.58. The smallest absolute Gasteiger partial charge is 0.122 e. The van der Waals surface area contributed by atoms with Gasteiger partial charge in [-0.3, -0.25) is 0 Å². The predicted molar refractivity (Wildman–Crippen MR) is 48.5 cm³/mol. The van der Waals surface area contributed by atoms with E-state index in [9.17, 15) is 0 Å². The van der Waals surface area contributed by atoms with Crippen molar-refractivity contribution >= 4 is 11.4 Å². The number of methoxy groups -OCH3 is 1. The normalized spacial score (nSPS) is 8.45. The van der Waals surface area contributed by atoms with Crippen LogP contribution in [0.15, 0.2) is 18.2 Å². The molecule has 0 fully saturated rings. The largest absolute Gasteiger partial charge is 0.497 e. The van der Waals surface area contributed by atoms with Gasteiger partial charge in [0.05, 0.1) is 7.11 Å². The lowest BCUT2D eigenvalue weighted by molar-refractivity contribution is 0.415. The highest BCUT2D eigenvalue weighted by atomic mass is 16.5. The van der Waals surface area contributed by atoms with Gasteiger partial charge < -0.3 is 16.2 Å². The van der Waals surface area contributed by atoms with E-state index in [1.807, 2.05) is 0 Å². The Morgan fingerprint density at radius 1 is 1.09 bits per heavy atom. The maximum absolute atomic E-state index is 5.48. The summed E-state index contributed by atoms with van der Waals surface area (Å²) in [5.74, 6) is 0.692. The highest BCUT2D eigenvalue weighted by Crippen LogP contribution is 2.19. The number of hydrogen-bond donors (Lipinski definition) is 2. The maximum atomic E-state index is 5.48. The zero-order chi connectivity index (χ0) is 7.56. The fourth-order valence-corrected chi connectivity index (χ4v) is 0.764. The molecule has 1 aromatic carbocycles. The minimum atomic E-state index is 0. The molecule has 62 valence electrons. The van der Waals surface area contributed by atoms with Crippen LogP contribution < -0.4 is 16.2 Å². The molecule has 0 spiro atoms. The van der Waals surface area contributed by atoms with E-state index in [4.69, 9.17) is 16.2 Å². The Labute approximate surface area is 67.0 Å². The Bertz CT molecular complexity index is 215. The van der Waals surface area contributed by atoms with Crippen molar-refractivity contribution in [3.05, 3.63) is 18.2 Å². The number of benzene rings is 1. The standard InChI is InChI=1S/C7H10N2O.CH4/c1-10-7-3-5(8)2-6(9)4-7;/h2-4H,8-9H2,1H3;1H4. The van der Waals surface area contributed by atoms with E-state index in [1.54, 1.807) is 25.3 Å². The summed E-state index contributed by atoms with van der Waals surface area (Å²) in [4.78, 5) is 0. The van der Waals surface area contributed by atoms with Crippen LogP contribution in [-0.2, 0) is 0 Å². The van der Waals surface area contributed by atoms with E-state index in [1.165, 1.54) is 0 Å². The third kappa shape index (κ3) is 2.37. The van der Waals surface area contributed by atoms with Crippen LogP contribution in [0.5, 0.6) is 5.75 Å². The second kappa shape index (κ2) is 3.71. The number of hydrogen-bond acceptors (Lipinski definition) is 3. The van der Waals surface area contributed by atoms with Gasteiger partial charge in [-0.1, -0.05) is 7.43 Å². The Morgan fingerprint density at radius 2 is 1.55 bits per heavy atom. The third-order valence-electron chi connectivity index (χ3n) is 1.19. The molecule has 0 atom stereocenters. The number of rotatable bonds is 1. The van der Waals surface area contributed by atoms with Crippen molar-refractivity contribution in [3.8, 4) is 5.75 Å². The fraction of sp³-hybridized carbons (Fsp3) is 0.250. The van der Waals surface area contributed by atoms with Crippen LogP contribution in [0.1, 0.15) is 7.43 Å². The quantitative estimate of drug-likeness (QED) is 0.602. The molecule has 1 aromatic rings. The highest BCUT2D eigenvalue weighted by molar-refractivity contribution is 5.56. The molecule has 0 aliphatic heterocycles. The first-order chi connectivity index (χ1) is 4.72. The minimum absolute atomic E-state index is 0. The lowest BCUT2D eigenvalue weighted by Crippen LogP contribution is -1.91. The highest BCUT2D eigenvalue weighted by Gasteiger charge is 1.93. The van der Waals surface area contributed by atoms with E-state index in [0.717, 1.165) is 0 Å². The Morgan fingerprint density at radius 3 is 1.91 bits per heavy atom. The number of nitrogen functional groups attached to an aromatic ring is 2. The molecule has 4 N–H and O–H groups in total. The van der Waals surface area contributed by atoms with Gasteiger partial charge in [0.1, 0.15) is 5.75 Å². The molecule has 0 bridgehead atoms. The molecule has 11 heavy (non-hydrogen) atoms. The average Bonchev–Trinajstić information content (AvgIpc) is 1.85. The minimum Gasteiger partial charge on any atom is -0.497 e. The Balaban J connectivity index is 0.000001000. The average molecular weight is 154 g/mol. The Hall–Kier alpha value is -1.38. The van der Waals surface area contributed by atoms with Crippen LogP contribution in [0.3, 0.4) is 0 Å². The summed E-state index contributed by atoms with van der Waals surface area (Å²) in [6.45, 7) is 0. The van der Waals surface area contributed by atoms with Crippen LogP contribution in [0, 0.1) is 0 Å². The predicted octanol–water partition coefficient (Wildman–Crippen LogP) is 1.50. The third-order valence-corrected chi connectivity index (χ3v) is 1.19. The van der Waals surface area contributed by atoms with Gasteiger partial charge in [0.15, 0.2) is 0 Å². The van der Waals surface area contributed by atoms with Gasteiger partial charge in [-0.25, -0.2) is 0 Å². The molecule has 0 aliphatic rings. The summed E-state index contributed by atoms with van der Waals surface area (Å²) < 4.78 is 4.92. The molecular weight excluding hydrogens is 140 g/mol. The summed E-state index contributed by atoms with van der Waals surface area (Å²) in [6.07, 6.45) is 0. The second-order valence-electron chi connectivity index (χ2n) is 2.04. The van der Waals surface area contributed by atoms with E-state index in [-0.39, 0.29) is 7.43 Å². The monoisotopic (exact) mass is 154 g/mol. The molecule has 0 aromatic heterocycles. The summed E-state index contributed by atoms with van der Waals surface area (Å²) >= 11 is 0.